The summed E-state index contributed by atoms with van der Waals surface area (Å²) in [6.07, 6.45) is 2.88. The third-order valence-electron chi connectivity index (χ3n) is 6.13. The van der Waals surface area contributed by atoms with Gasteiger partial charge < -0.3 is 19.5 Å². The lowest BCUT2D eigenvalue weighted by molar-refractivity contribution is 0.164. The fourth-order valence-electron chi connectivity index (χ4n) is 4.54. The third kappa shape index (κ3) is 4.10. The fourth-order valence-corrected chi connectivity index (χ4v) is 4.87. The van der Waals surface area contributed by atoms with E-state index >= 15 is 0 Å². The van der Waals surface area contributed by atoms with E-state index in [4.69, 9.17) is 17.0 Å². The van der Waals surface area contributed by atoms with Gasteiger partial charge in [0.25, 0.3) is 0 Å². The highest BCUT2D eigenvalue weighted by molar-refractivity contribution is 7.80. The molecule has 3 heterocycles. The van der Waals surface area contributed by atoms with Gasteiger partial charge in [-0.15, -0.1) is 0 Å². The van der Waals surface area contributed by atoms with Crippen molar-refractivity contribution in [2.45, 2.75) is 39.3 Å². The van der Waals surface area contributed by atoms with Gasteiger partial charge in [-0.05, 0) is 73.9 Å². The second-order valence-electron chi connectivity index (χ2n) is 7.99. The molecule has 0 bridgehead atoms. The summed E-state index contributed by atoms with van der Waals surface area (Å²) in [4.78, 5) is 6.88. The second-order valence-corrected chi connectivity index (χ2v) is 8.38. The highest BCUT2D eigenvalue weighted by atomic mass is 32.1. The summed E-state index contributed by atoms with van der Waals surface area (Å²) >= 11 is 5.74. The van der Waals surface area contributed by atoms with E-state index in [1.54, 1.807) is 7.11 Å². The van der Waals surface area contributed by atoms with Gasteiger partial charge in [-0.2, -0.15) is 0 Å². The summed E-state index contributed by atoms with van der Waals surface area (Å²) in [5.41, 5.74) is 7.22. The quantitative estimate of drug-likeness (QED) is 0.548. The van der Waals surface area contributed by atoms with Crippen LogP contribution in [0.3, 0.4) is 0 Å². The number of pyridine rings is 1. The molecule has 31 heavy (non-hydrogen) atoms. The molecular weight excluding hydrogens is 404 g/mol. The Morgan fingerprint density at radius 3 is 2.55 bits per heavy atom. The number of hydrogen-bond donors (Lipinski definition) is 1. The van der Waals surface area contributed by atoms with Crippen LogP contribution in [0.25, 0.3) is 5.69 Å². The molecule has 0 aliphatic carbocycles. The number of aryl methyl sites for hydroxylation is 2. The van der Waals surface area contributed by atoms with Crippen molar-refractivity contribution in [1.29, 1.82) is 0 Å². The van der Waals surface area contributed by atoms with Gasteiger partial charge in [0, 0.05) is 36.9 Å². The van der Waals surface area contributed by atoms with E-state index in [-0.39, 0.29) is 12.1 Å². The average Bonchev–Trinajstić information content (AvgIpc) is 3.27. The lowest BCUT2D eigenvalue weighted by Gasteiger charge is -2.28. The Hall–Kier alpha value is -2.70. The summed E-state index contributed by atoms with van der Waals surface area (Å²) in [7, 11) is 1.73. The van der Waals surface area contributed by atoms with E-state index in [1.165, 1.54) is 28.2 Å². The summed E-state index contributed by atoms with van der Waals surface area (Å²) in [6, 6.07) is 17.2. The molecule has 0 radical (unpaired) electrons. The monoisotopic (exact) mass is 434 g/mol. The fraction of sp³-hybridized carbons (Fsp3) is 0.360. The molecule has 1 aliphatic heterocycles. The topological polar surface area (TPSA) is 42.3 Å². The molecule has 1 aromatic carbocycles. The number of aromatic nitrogens is 2. The number of nitrogens with zero attached hydrogens (tertiary/aromatic N) is 3. The maximum atomic E-state index is 5.74. The first-order valence-electron chi connectivity index (χ1n) is 10.8. The van der Waals surface area contributed by atoms with E-state index < -0.39 is 0 Å². The van der Waals surface area contributed by atoms with Gasteiger partial charge in [0.05, 0.1) is 24.4 Å². The van der Waals surface area contributed by atoms with Crippen LogP contribution in [0, 0.1) is 13.8 Å². The Labute approximate surface area is 190 Å². The van der Waals surface area contributed by atoms with E-state index in [0.29, 0.717) is 6.61 Å². The third-order valence-corrected chi connectivity index (χ3v) is 6.48. The van der Waals surface area contributed by atoms with Crippen molar-refractivity contribution < 1.29 is 4.74 Å². The van der Waals surface area contributed by atoms with Crippen LogP contribution in [0.2, 0.25) is 0 Å². The highest BCUT2D eigenvalue weighted by Crippen LogP contribution is 2.41. The van der Waals surface area contributed by atoms with Gasteiger partial charge in [0.1, 0.15) is 0 Å². The predicted molar refractivity (Wildman–Crippen MR) is 129 cm³/mol. The largest absolute Gasteiger partial charge is 0.383 e. The number of thiocarbonyl (C=S) groups is 1. The van der Waals surface area contributed by atoms with Crippen molar-refractivity contribution in [3.8, 4) is 5.69 Å². The zero-order valence-corrected chi connectivity index (χ0v) is 19.4. The molecule has 0 spiro atoms. The van der Waals surface area contributed by atoms with Gasteiger partial charge >= 0.3 is 0 Å². The van der Waals surface area contributed by atoms with E-state index in [0.717, 1.165) is 23.8 Å². The van der Waals surface area contributed by atoms with Crippen molar-refractivity contribution in [3.63, 3.8) is 0 Å². The number of benzene rings is 1. The van der Waals surface area contributed by atoms with Crippen LogP contribution < -0.4 is 5.32 Å². The normalized spacial score (nSPS) is 18.5. The number of ether oxygens (including phenoxy) is 1. The average molecular weight is 435 g/mol. The molecule has 2 aromatic heterocycles. The first-order valence-corrected chi connectivity index (χ1v) is 11.2. The first-order chi connectivity index (χ1) is 15.0. The van der Waals surface area contributed by atoms with Gasteiger partial charge in [-0.3, -0.25) is 4.98 Å². The number of hydrogen-bond acceptors (Lipinski definition) is 3. The summed E-state index contributed by atoms with van der Waals surface area (Å²) in [5, 5.41) is 4.26. The van der Waals surface area contributed by atoms with Crippen molar-refractivity contribution in [3.05, 3.63) is 82.9 Å². The summed E-state index contributed by atoms with van der Waals surface area (Å²) < 4.78 is 7.71. The highest BCUT2D eigenvalue weighted by Gasteiger charge is 2.41. The number of rotatable bonds is 7. The molecule has 1 aliphatic rings. The van der Waals surface area contributed by atoms with Crippen LogP contribution in [0.1, 0.15) is 47.2 Å². The molecule has 3 aromatic rings. The molecule has 1 fully saturated rings. The number of nitrogens with one attached hydrogen (secondary N) is 1. The summed E-state index contributed by atoms with van der Waals surface area (Å²) in [6.45, 7) is 7.89. The Morgan fingerprint density at radius 1 is 1.13 bits per heavy atom. The van der Waals surface area contributed by atoms with Crippen molar-refractivity contribution >= 4 is 17.3 Å². The van der Waals surface area contributed by atoms with Gasteiger partial charge in [-0.1, -0.05) is 25.1 Å². The zero-order chi connectivity index (χ0) is 22.0. The maximum Gasteiger partial charge on any atom is 0.170 e. The molecule has 4 rings (SSSR count). The lowest BCUT2D eigenvalue weighted by atomic mass is 9.97. The van der Waals surface area contributed by atoms with Crippen molar-refractivity contribution in [2.24, 2.45) is 0 Å². The van der Waals surface area contributed by atoms with Crippen molar-refractivity contribution in [1.82, 2.24) is 19.8 Å². The van der Waals surface area contributed by atoms with Crippen LogP contribution in [-0.2, 0) is 11.2 Å². The summed E-state index contributed by atoms with van der Waals surface area (Å²) in [5.74, 6) is 0. The minimum Gasteiger partial charge on any atom is -0.383 e. The smallest absolute Gasteiger partial charge is 0.170 e. The molecule has 162 valence electrons. The van der Waals surface area contributed by atoms with Crippen molar-refractivity contribution in [2.75, 3.05) is 20.3 Å². The Balaban J connectivity index is 1.79. The zero-order valence-electron chi connectivity index (χ0n) is 18.6. The predicted octanol–water partition coefficient (Wildman–Crippen LogP) is 4.67. The van der Waals surface area contributed by atoms with Gasteiger partial charge in [-0.25, -0.2) is 0 Å². The Bertz CT molecular complexity index is 1050. The maximum absolute atomic E-state index is 5.74. The molecule has 2 unspecified atom stereocenters. The van der Waals surface area contributed by atoms with Gasteiger partial charge in [0.15, 0.2) is 5.11 Å². The van der Waals surface area contributed by atoms with Crippen LogP contribution in [0.5, 0.6) is 0 Å². The molecule has 1 N–H and O–H groups in total. The first kappa shape index (κ1) is 21.5. The molecule has 6 heteroatoms. The van der Waals surface area contributed by atoms with Crippen LogP contribution in [0.15, 0.2) is 54.7 Å². The molecule has 0 saturated carbocycles. The number of methoxy groups -OCH3 is 1. The Morgan fingerprint density at radius 2 is 1.90 bits per heavy atom. The molecule has 5 nitrogen and oxygen atoms in total. The van der Waals surface area contributed by atoms with Crippen LogP contribution in [0.4, 0.5) is 0 Å². The standard InChI is InChI=1S/C25H30N4OS/c1-5-19-9-11-20(12-10-19)29-17(2)16-21(18(29)3)24-23(22-8-6-7-13-26-22)27-25(31)28(24)14-15-30-4/h6-13,16,23-24H,5,14-15H2,1-4H3,(H,27,31). The Kier molecular flexibility index (Phi) is 6.39. The molecule has 2 atom stereocenters. The minimum atomic E-state index is -0.0121. The van der Waals surface area contributed by atoms with Gasteiger partial charge in [0.2, 0.25) is 0 Å². The lowest BCUT2D eigenvalue weighted by Crippen LogP contribution is -2.32. The van der Waals surface area contributed by atoms with Crippen LogP contribution in [-0.4, -0.2) is 39.8 Å². The van der Waals surface area contributed by atoms with E-state index in [9.17, 15) is 0 Å². The van der Waals surface area contributed by atoms with E-state index in [1.807, 2.05) is 18.3 Å². The SMILES string of the molecule is CCc1ccc(-n2c(C)cc(C3C(c4ccccn4)NC(=S)N3CCOC)c2C)cc1. The van der Waals surface area contributed by atoms with Crippen LogP contribution >= 0.6 is 12.2 Å². The molecular formula is C25H30N4OS. The molecule has 1 saturated heterocycles. The second kappa shape index (κ2) is 9.20. The van der Waals surface area contributed by atoms with E-state index in [2.05, 4.69) is 76.9 Å². The minimum absolute atomic E-state index is 0.0121. The molecule has 0 amide bonds.